The Labute approximate surface area is 58.5 Å². The molecule has 1 heterocycles. The predicted molar refractivity (Wildman–Crippen MR) is 36.5 cm³/mol. The van der Waals surface area contributed by atoms with Crippen LogP contribution in [0, 0.1) is 0 Å². The number of nitrogens with zero attached hydrogens (tertiary/aromatic N) is 2. The molecular formula is C6H4N2Se. The Morgan fingerprint density at radius 3 is 3.00 bits per heavy atom. The van der Waals surface area contributed by atoms with Crippen LogP contribution in [0.1, 0.15) is 0 Å². The molecule has 1 aromatic heterocycles. The van der Waals surface area contributed by atoms with E-state index in [1.54, 1.807) is 0 Å². The zero-order valence-corrected chi connectivity index (χ0v) is 6.33. The van der Waals surface area contributed by atoms with Crippen LogP contribution in [0.15, 0.2) is 24.3 Å². The second kappa shape index (κ2) is 1.94. The van der Waals surface area contributed by atoms with E-state index in [-0.39, 0.29) is 14.7 Å². The van der Waals surface area contributed by atoms with Gasteiger partial charge in [-0.1, -0.05) is 0 Å². The van der Waals surface area contributed by atoms with E-state index in [4.69, 9.17) is 0 Å². The molecular weight excluding hydrogens is 179 g/mol. The SMILES string of the molecule is c1ccc2[se]nnc2c1. The van der Waals surface area contributed by atoms with E-state index in [0.717, 1.165) is 5.52 Å². The minimum atomic E-state index is 0.261. The minimum absolute atomic E-state index is 0.261. The van der Waals surface area contributed by atoms with Crippen molar-refractivity contribution >= 4 is 24.5 Å². The molecule has 0 bridgehead atoms. The summed E-state index contributed by atoms with van der Waals surface area (Å²) < 4.78 is 5.24. The third kappa shape index (κ3) is 0.784. The van der Waals surface area contributed by atoms with E-state index in [2.05, 4.69) is 15.3 Å². The van der Waals surface area contributed by atoms with Crippen molar-refractivity contribution in [2.24, 2.45) is 0 Å². The van der Waals surface area contributed by atoms with Gasteiger partial charge in [-0.15, -0.1) is 0 Å². The Kier molecular flexibility index (Phi) is 1.11. The van der Waals surface area contributed by atoms with Gasteiger partial charge in [0.25, 0.3) is 0 Å². The summed E-state index contributed by atoms with van der Waals surface area (Å²) in [6, 6.07) is 8.08. The molecule has 0 unspecified atom stereocenters. The summed E-state index contributed by atoms with van der Waals surface area (Å²) in [5.74, 6) is 0. The van der Waals surface area contributed by atoms with Crippen molar-refractivity contribution < 1.29 is 0 Å². The van der Waals surface area contributed by atoms with Crippen LogP contribution in [-0.4, -0.2) is 23.9 Å². The first-order chi connectivity index (χ1) is 4.47. The van der Waals surface area contributed by atoms with Crippen molar-refractivity contribution in [2.45, 2.75) is 0 Å². The maximum atomic E-state index is 3.95. The van der Waals surface area contributed by atoms with Crippen molar-refractivity contribution in [3.05, 3.63) is 24.3 Å². The summed E-state index contributed by atoms with van der Waals surface area (Å²) in [7, 11) is 0. The number of fused-ring (bicyclic) bond motifs is 1. The molecule has 0 aliphatic rings. The van der Waals surface area contributed by atoms with Gasteiger partial charge in [-0.3, -0.25) is 0 Å². The first kappa shape index (κ1) is 5.15. The molecule has 0 N–H and O–H groups in total. The Morgan fingerprint density at radius 1 is 1.22 bits per heavy atom. The van der Waals surface area contributed by atoms with Gasteiger partial charge in [0, 0.05) is 0 Å². The van der Waals surface area contributed by atoms with Crippen LogP contribution in [0.3, 0.4) is 0 Å². The van der Waals surface area contributed by atoms with Crippen molar-refractivity contribution in [3.63, 3.8) is 0 Å². The molecule has 1 aromatic carbocycles. The summed E-state index contributed by atoms with van der Waals surface area (Å²) in [6.45, 7) is 0. The average molecular weight is 183 g/mol. The second-order valence-electron chi connectivity index (χ2n) is 1.74. The Bertz CT molecular complexity index is 285. The molecule has 2 aromatic rings. The number of rotatable bonds is 0. The van der Waals surface area contributed by atoms with Crippen LogP contribution in [0.4, 0.5) is 0 Å². The number of hydrogen-bond donors (Lipinski definition) is 0. The van der Waals surface area contributed by atoms with Gasteiger partial charge in [-0.2, -0.15) is 0 Å². The fourth-order valence-electron chi connectivity index (χ4n) is 0.725. The third-order valence-corrected chi connectivity index (χ3v) is 2.63. The second-order valence-corrected chi connectivity index (χ2v) is 3.39. The van der Waals surface area contributed by atoms with E-state index in [1.165, 1.54) is 4.26 Å². The fraction of sp³-hybridized carbons (Fsp3) is 0. The fourth-order valence-corrected chi connectivity index (χ4v) is 1.90. The van der Waals surface area contributed by atoms with Gasteiger partial charge in [0.2, 0.25) is 0 Å². The molecule has 0 saturated carbocycles. The third-order valence-electron chi connectivity index (χ3n) is 1.15. The van der Waals surface area contributed by atoms with Gasteiger partial charge in [-0.05, 0) is 0 Å². The van der Waals surface area contributed by atoms with Gasteiger partial charge in [0.15, 0.2) is 0 Å². The number of benzene rings is 1. The Morgan fingerprint density at radius 2 is 2.11 bits per heavy atom. The molecule has 0 spiro atoms. The first-order valence-electron chi connectivity index (χ1n) is 2.64. The van der Waals surface area contributed by atoms with Gasteiger partial charge < -0.3 is 0 Å². The van der Waals surface area contributed by atoms with E-state index >= 15 is 0 Å². The van der Waals surface area contributed by atoms with Gasteiger partial charge >= 0.3 is 58.0 Å². The first-order valence-corrected chi connectivity index (χ1v) is 4.26. The van der Waals surface area contributed by atoms with Crippen LogP contribution < -0.4 is 0 Å². The van der Waals surface area contributed by atoms with Gasteiger partial charge in [-0.25, -0.2) is 0 Å². The molecule has 44 valence electrons. The molecule has 0 radical (unpaired) electrons. The summed E-state index contributed by atoms with van der Waals surface area (Å²) in [4.78, 5) is 0. The van der Waals surface area contributed by atoms with E-state index in [1.807, 2.05) is 18.2 Å². The molecule has 3 heteroatoms. The van der Waals surface area contributed by atoms with Crippen molar-refractivity contribution in [2.75, 3.05) is 0 Å². The average Bonchev–Trinajstić information content (AvgIpc) is 2.33. The number of aromatic nitrogens is 2. The van der Waals surface area contributed by atoms with E-state index in [0.29, 0.717) is 0 Å². The summed E-state index contributed by atoms with van der Waals surface area (Å²) >= 11 is 0.261. The van der Waals surface area contributed by atoms with Crippen LogP contribution >= 0.6 is 0 Å². The monoisotopic (exact) mass is 184 g/mol. The Balaban J connectivity index is 2.95. The van der Waals surface area contributed by atoms with Gasteiger partial charge in [0.05, 0.1) is 0 Å². The molecule has 0 aliphatic heterocycles. The molecule has 0 fully saturated rings. The van der Waals surface area contributed by atoms with E-state index in [9.17, 15) is 0 Å². The summed E-state index contributed by atoms with van der Waals surface area (Å²) in [5.41, 5.74) is 1.05. The molecule has 0 amide bonds. The topological polar surface area (TPSA) is 25.8 Å². The molecule has 9 heavy (non-hydrogen) atoms. The van der Waals surface area contributed by atoms with Crippen LogP contribution in [0.2, 0.25) is 0 Å². The molecule has 0 saturated heterocycles. The predicted octanol–water partition coefficient (Wildman–Crippen LogP) is 0.687. The standard InChI is InChI=1S/C6H4N2Se/c1-2-4-6-5(3-1)7-8-9-6/h1-4H. The molecule has 0 atom stereocenters. The van der Waals surface area contributed by atoms with Gasteiger partial charge in [0.1, 0.15) is 0 Å². The summed E-state index contributed by atoms with van der Waals surface area (Å²) in [6.07, 6.45) is 0. The quantitative estimate of drug-likeness (QED) is 0.561. The molecule has 0 aliphatic carbocycles. The van der Waals surface area contributed by atoms with Crippen molar-refractivity contribution in [1.82, 2.24) is 9.19 Å². The zero-order chi connectivity index (χ0) is 6.10. The normalized spacial score (nSPS) is 10.2. The maximum absolute atomic E-state index is 3.95. The van der Waals surface area contributed by atoms with Crippen molar-refractivity contribution in [3.8, 4) is 0 Å². The molecule has 2 rings (SSSR count). The van der Waals surface area contributed by atoms with Crippen LogP contribution in [-0.2, 0) is 0 Å². The van der Waals surface area contributed by atoms with Crippen LogP contribution in [0.5, 0.6) is 0 Å². The number of hydrogen-bond acceptors (Lipinski definition) is 2. The van der Waals surface area contributed by atoms with Crippen LogP contribution in [0.25, 0.3) is 9.78 Å². The summed E-state index contributed by atoms with van der Waals surface area (Å²) in [5, 5.41) is 3.95. The van der Waals surface area contributed by atoms with E-state index < -0.39 is 0 Å². The van der Waals surface area contributed by atoms with Crippen molar-refractivity contribution in [1.29, 1.82) is 0 Å². The Hall–Kier alpha value is -0.661. The zero-order valence-electron chi connectivity index (χ0n) is 4.61. The molecule has 2 nitrogen and oxygen atoms in total.